The Balaban J connectivity index is 2.12. The number of carbonyl (C=O) groups excluding carboxylic acids is 1. The highest BCUT2D eigenvalue weighted by molar-refractivity contribution is 7.69. The van der Waals surface area contributed by atoms with E-state index in [9.17, 15) is 23.1 Å². The molecule has 0 saturated carbocycles. The van der Waals surface area contributed by atoms with Gasteiger partial charge in [0.2, 0.25) is 10.9 Å². The van der Waals surface area contributed by atoms with E-state index < -0.39 is 35.0 Å². The number of benzene rings is 1. The molecule has 0 atom stereocenters. The van der Waals surface area contributed by atoms with Crippen molar-refractivity contribution in [3.8, 4) is 5.75 Å². The second-order valence-electron chi connectivity index (χ2n) is 8.08. The molecule has 0 spiro atoms. The highest BCUT2D eigenvalue weighted by Gasteiger charge is 2.22. The number of carboxylic acids is 1. The Hall–Kier alpha value is -2.21. The number of rotatable bonds is 10. The van der Waals surface area contributed by atoms with Gasteiger partial charge in [0, 0.05) is 31.7 Å². The van der Waals surface area contributed by atoms with Crippen LogP contribution >= 0.6 is 0 Å². The van der Waals surface area contributed by atoms with Crippen molar-refractivity contribution in [2.24, 2.45) is 0 Å². The van der Waals surface area contributed by atoms with Crippen LogP contribution in [-0.2, 0) is 31.7 Å². The van der Waals surface area contributed by atoms with Gasteiger partial charge in [-0.15, -0.1) is 0 Å². The Morgan fingerprint density at radius 1 is 1.23 bits per heavy atom. The van der Waals surface area contributed by atoms with Crippen LogP contribution in [0.4, 0.5) is 0 Å². The SMILES string of the molecule is CC(C)(C)OC(=O)CN(Cc1cc(C(=O)O)ccc1OCCN1CCOCC1)[SH](=O)=O. The largest absolute Gasteiger partial charge is 0.492 e. The van der Waals surface area contributed by atoms with Crippen LogP contribution in [0.15, 0.2) is 18.2 Å². The zero-order valence-corrected chi connectivity index (χ0v) is 18.9. The van der Waals surface area contributed by atoms with E-state index in [4.69, 9.17) is 14.2 Å². The van der Waals surface area contributed by atoms with Crippen molar-refractivity contribution in [2.75, 3.05) is 46.0 Å². The molecule has 1 saturated heterocycles. The first-order valence-electron chi connectivity index (χ1n) is 9.95. The van der Waals surface area contributed by atoms with Gasteiger partial charge >= 0.3 is 11.9 Å². The number of esters is 1. The highest BCUT2D eigenvalue weighted by atomic mass is 32.2. The van der Waals surface area contributed by atoms with E-state index in [1.54, 1.807) is 20.8 Å². The summed E-state index contributed by atoms with van der Waals surface area (Å²) in [5.74, 6) is -1.48. The summed E-state index contributed by atoms with van der Waals surface area (Å²) in [6, 6.07) is 4.25. The summed E-state index contributed by atoms with van der Waals surface area (Å²) in [6.45, 7) is 8.27. The van der Waals surface area contributed by atoms with Gasteiger partial charge in [-0.25, -0.2) is 13.2 Å². The quantitative estimate of drug-likeness (QED) is 0.386. The first-order valence-corrected chi connectivity index (χ1v) is 11.1. The van der Waals surface area contributed by atoms with Gasteiger partial charge in [0.1, 0.15) is 24.5 Å². The van der Waals surface area contributed by atoms with Crippen LogP contribution in [0.3, 0.4) is 0 Å². The molecule has 0 aromatic heterocycles. The lowest BCUT2D eigenvalue weighted by molar-refractivity contribution is -0.155. The molecule has 1 aromatic rings. The Kier molecular flexibility index (Phi) is 9.23. The lowest BCUT2D eigenvalue weighted by Crippen LogP contribution is -2.38. The van der Waals surface area contributed by atoms with E-state index in [0.717, 1.165) is 17.4 Å². The molecule has 0 bridgehead atoms. The number of carboxylic acid groups (broad SMARTS) is 1. The Morgan fingerprint density at radius 2 is 1.90 bits per heavy atom. The van der Waals surface area contributed by atoms with Gasteiger partial charge in [-0.2, -0.15) is 4.31 Å². The molecule has 1 aliphatic rings. The molecule has 0 unspecified atom stereocenters. The van der Waals surface area contributed by atoms with Crippen molar-refractivity contribution < 1.29 is 37.3 Å². The third kappa shape index (κ3) is 8.82. The van der Waals surface area contributed by atoms with E-state index >= 15 is 0 Å². The molecule has 174 valence electrons. The number of carbonyl (C=O) groups is 2. The Bertz CT molecular complexity index is 836. The molecule has 31 heavy (non-hydrogen) atoms. The maximum atomic E-state index is 12.1. The van der Waals surface area contributed by atoms with E-state index in [2.05, 4.69) is 4.90 Å². The monoisotopic (exact) mass is 458 g/mol. The van der Waals surface area contributed by atoms with Crippen molar-refractivity contribution in [3.05, 3.63) is 29.3 Å². The topological polar surface area (TPSA) is 123 Å². The average molecular weight is 459 g/mol. The predicted molar refractivity (Wildman–Crippen MR) is 113 cm³/mol. The predicted octanol–water partition coefficient (Wildman–Crippen LogP) is 0.766. The second-order valence-corrected chi connectivity index (χ2v) is 9.12. The van der Waals surface area contributed by atoms with Crippen LogP contribution in [0.25, 0.3) is 0 Å². The summed E-state index contributed by atoms with van der Waals surface area (Å²) >= 11 is 0. The fraction of sp³-hybridized carbons (Fsp3) is 0.600. The fourth-order valence-electron chi connectivity index (χ4n) is 2.98. The molecule has 1 aliphatic heterocycles. The normalized spacial score (nSPS) is 15.3. The van der Waals surface area contributed by atoms with Crippen molar-refractivity contribution >= 4 is 22.8 Å². The number of morpholine rings is 1. The van der Waals surface area contributed by atoms with Crippen molar-refractivity contribution in [1.82, 2.24) is 9.21 Å². The van der Waals surface area contributed by atoms with Gasteiger partial charge in [0.25, 0.3) is 0 Å². The molecule has 1 N–H and O–H groups in total. The molecule has 10 nitrogen and oxygen atoms in total. The first-order chi connectivity index (χ1) is 14.5. The maximum absolute atomic E-state index is 12.1. The molecular formula is C20H30N2O8S. The van der Waals surface area contributed by atoms with E-state index in [0.29, 0.717) is 37.7 Å². The van der Waals surface area contributed by atoms with Crippen molar-refractivity contribution in [1.29, 1.82) is 0 Å². The molecule has 0 radical (unpaired) electrons. The van der Waals surface area contributed by atoms with Crippen LogP contribution in [0.5, 0.6) is 5.75 Å². The van der Waals surface area contributed by atoms with Gasteiger partial charge in [0.15, 0.2) is 0 Å². The second kappa shape index (κ2) is 11.4. The van der Waals surface area contributed by atoms with Gasteiger partial charge in [-0.05, 0) is 39.0 Å². The molecule has 1 heterocycles. The zero-order chi connectivity index (χ0) is 23.0. The minimum absolute atomic E-state index is 0.00567. The molecule has 1 aromatic carbocycles. The molecular weight excluding hydrogens is 428 g/mol. The summed E-state index contributed by atoms with van der Waals surface area (Å²) in [6.07, 6.45) is 0. The van der Waals surface area contributed by atoms with Crippen LogP contribution in [0.2, 0.25) is 0 Å². The minimum Gasteiger partial charge on any atom is -0.492 e. The van der Waals surface area contributed by atoms with E-state index in [1.165, 1.54) is 18.2 Å². The highest BCUT2D eigenvalue weighted by Crippen LogP contribution is 2.23. The average Bonchev–Trinajstić information content (AvgIpc) is 2.67. The van der Waals surface area contributed by atoms with Gasteiger partial charge in [0.05, 0.1) is 18.8 Å². The molecule has 1 fully saturated rings. The number of hydrogen-bond acceptors (Lipinski definition) is 8. The number of aromatic carboxylic acids is 1. The van der Waals surface area contributed by atoms with Gasteiger partial charge in [-0.1, -0.05) is 0 Å². The standard InChI is InChI=1S/C20H30N2O8S/c1-20(2,3)30-18(23)14-22(31(26)27)13-16-12-15(19(24)25)4-5-17(16)29-11-8-21-6-9-28-10-7-21/h4-5,12,31H,6-11,13-14H2,1-3H3,(H,24,25). The lowest BCUT2D eigenvalue weighted by Gasteiger charge is -2.26. The van der Waals surface area contributed by atoms with Crippen LogP contribution in [-0.4, -0.2) is 86.3 Å². The van der Waals surface area contributed by atoms with Crippen LogP contribution in [0.1, 0.15) is 36.7 Å². The Labute approximate surface area is 183 Å². The summed E-state index contributed by atoms with van der Waals surface area (Å²) in [4.78, 5) is 25.6. The van der Waals surface area contributed by atoms with Crippen LogP contribution < -0.4 is 4.74 Å². The molecule has 11 heteroatoms. The van der Waals surface area contributed by atoms with Gasteiger partial charge in [-0.3, -0.25) is 9.69 Å². The van der Waals surface area contributed by atoms with E-state index in [-0.39, 0.29) is 12.1 Å². The third-order valence-corrected chi connectivity index (χ3v) is 5.14. The van der Waals surface area contributed by atoms with Crippen molar-refractivity contribution in [2.45, 2.75) is 32.9 Å². The number of ether oxygens (including phenoxy) is 3. The summed E-state index contributed by atoms with van der Waals surface area (Å²) < 4.78 is 40.7. The molecule has 2 rings (SSSR count). The zero-order valence-electron chi connectivity index (χ0n) is 18.0. The van der Waals surface area contributed by atoms with Gasteiger partial charge < -0.3 is 19.3 Å². The first kappa shape index (κ1) is 25.1. The minimum atomic E-state index is -3.11. The Morgan fingerprint density at radius 3 is 2.48 bits per heavy atom. The summed E-state index contributed by atoms with van der Waals surface area (Å²) in [5.41, 5.74) is -0.410. The van der Waals surface area contributed by atoms with Crippen molar-refractivity contribution in [3.63, 3.8) is 0 Å². The maximum Gasteiger partial charge on any atom is 0.335 e. The molecule has 0 aliphatic carbocycles. The summed E-state index contributed by atoms with van der Waals surface area (Å²) in [7, 11) is -3.11. The van der Waals surface area contributed by atoms with Crippen LogP contribution in [0, 0.1) is 0 Å². The number of hydrogen-bond donors (Lipinski definition) is 2. The molecule has 0 amide bonds. The third-order valence-electron chi connectivity index (χ3n) is 4.39. The van der Waals surface area contributed by atoms with E-state index in [1.807, 2.05) is 0 Å². The smallest absolute Gasteiger partial charge is 0.335 e. The number of nitrogens with zero attached hydrogens (tertiary/aromatic N) is 2. The summed E-state index contributed by atoms with van der Waals surface area (Å²) in [5, 5.41) is 9.30. The fourth-order valence-corrected chi connectivity index (χ4v) is 3.48. The lowest BCUT2D eigenvalue weighted by atomic mass is 10.1. The number of thiol groups is 1.